The van der Waals surface area contributed by atoms with E-state index in [9.17, 15) is 19.5 Å². The highest BCUT2D eigenvalue weighted by atomic mass is 16.6. The molecule has 53 heavy (non-hydrogen) atoms. The lowest BCUT2D eigenvalue weighted by atomic mass is 10.1. The Morgan fingerprint density at radius 1 is 0.585 bits per heavy atom. The number of esters is 2. The lowest BCUT2D eigenvalue weighted by molar-refractivity contribution is -0.887. The molecule has 0 bridgehead atoms. The van der Waals surface area contributed by atoms with E-state index in [2.05, 4.69) is 74.6 Å². The molecule has 0 rings (SSSR count). The number of nitrogens with zero attached hydrogens (tertiary/aromatic N) is 1. The van der Waals surface area contributed by atoms with Crippen LogP contribution in [0.5, 0.6) is 0 Å². The molecule has 0 amide bonds. The molecule has 0 aromatic rings. The van der Waals surface area contributed by atoms with Crippen molar-refractivity contribution in [1.29, 1.82) is 0 Å². The number of quaternary nitrogens is 1. The Morgan fingerprint density at radius 2 is 1.09 bits per heavy atom. The molecule has 0 saturated carbocycles. The topological polar surface area (TPSA) is 99.1 Å². The third-order valence-electron chi connectivity index (χ3n) is 8.07. The summed E-state index contributed by atoms with van der Waals surface area (Å²) in [6.07, 6.45) is 46.0. The van der Waals surface area contributed by atoms with Crippen molar-refractivity contribution >= 4 is 17.9 Å². The van der Waals surface area contributed by atoms with Crippen molar-refractivity contribution in [2.75, 3.05) is 41.0 Å². The van der Waals surface area contributed by atoms with E-state index in [4.69, 9.17) is 14.2 Å². The molecule has 0 saturated heterocycles. The highest BCUT2D eigenvalue weighted by Gasteiger charge is 2.31. The first-order valence-corrected chi connectivity index (χ1v) is 19.8. The van der Waals surface area contributed by atoms with Crippen LogP contribution >= 0.6 is 0 Å². The van der Waals surface area contributed by atoms with Crippen molar-refractivity contribution in [2.24, 2.45) is 0 Å². The van der Waals surface area contributed by atoms with E-state index in [0.717, 1.165) is 77.0 Å². The smallest absolute Gasteiger partial charge is 0.362 e. The van der Waals surface area contributed by atoms with Crippen LogP contribution in [-0.2, 0) is 28.6 Å². The number of rotatable bonds is 33. The number of hydrogen-bond acceptors (Lipinski definition) is 6. The fraction of sp³-hybridized carbons (Fsp3) is 0.578. The van der Waals surface area contributed by atoms with Gasteiger partial charge in [0.1, 0.15) is 6.61 Å². The Bertz CT molecular complexity index is 1180. The Balaban J connectivity index is 4.55. The van der Waals surface area contributed by atoms with Crippen LogP contribution in [0.15, 0.2) is 97.2 Å². The zero-order valence-corrected chi connectivity index (χ0v) is 33.7. The van der Waals surface area contributed by atoms with Crippen molar-refractivity contribution < 1.29 is 38.2 Å². The van der Waals surface area contributed by atoms with Gasteiger partial charge in [0.2, 0.25) is 0 Å². The molecule has 8 heteroatoms. The molecule has 0 aromatic carbocycles. The predicted molar refractivity (Wildman–Crippen MR) is 219 cm³/mol. The maximum Gasteiger partial charge on any atom is 0.362 e. The van der Waals surface area contributed by atoms with Gasteiger partial charge in [0.05, 0.1) is 34.4 Å². The van der Waals surface area contributed by atoms with Crippen LogP contribution in [-0.4, -0.2) is 80.6 Å². The molecule has 298 valence electrons. The van der Waals surface area contributed by atoms with Gasteiger partial charge in [0, 0.05) is 19.3 Å². The molecule has 2 atom stereocenters. The number of carboxylic acid groups (broad SMARTS) is 1. The minimum absolute atomic E-state index is 0.0275. The summed E-state index contributed by atoms with van der Waals surface area (Å²) in [6, 6.07) is -0.632. The minimum Gasteiger partial charge on any atom is -0.477 e. The van der Waals surface area contributed by atoms with Crippen molar-refractivity contribution in [3.63, 3.8) is 0 Å². The molecule has 8 nitrogen and oxygen atoms in total. The maximum atomic E-state index is 12.7. The molecular formula is C45H72NO7+. The molecule has 0 fully saturated rings. The predicted octanol–water partition coefficient (Wildman–Crippen LogP) is 10.3. The lowest BCUT2D eigenvalue weighted by Crippen LogP contribution is -2.50. The molecule has 0 aliphatic carbocycles. The number of allylic oxidation sites excluding steroid dienone is 16. The van der Waals surface area contributed by atoms with E-state index < -0.39 is 18.1 Å². The molecule has 1 N–H and O–H groups in total. The van der Waals surface area contributed by atoms with Gasteiger partial charge in [-0.1, -0.05) is 124 Å². The standard InChI is InChI=1S/C45H71NO7/c1-6-8-10-12-14-16-18-20-21-22-24-25-27-29-31-33-35-43(47)52-40-41(39-51-38-37-42(45(49)50)46(3,4)5)53-44(48)36-34-32-30-28-26-23-19-17-15-13-11-9-7-2/h8-11,13-17,19-21,23-26,41-42H,6-7,12,18,22,27-40H2,1-5H3/p+1/b10-8+,11-9+,15-13+,16-14+,19-17+,21-20+,25-24+,26-23+. The molecule has 0 heterocycles. The summed E-state index contributed by atoms with van der Waals surface area (Å²) in [6.45, 7) is 4.36. The fourth-order valence-corrected chi connectivity index (χ4v) is 5.03. The first-order chi connectivity index (χ1) is 25.6. The van der Waals surface area contributed by atoms with Gasteiger partial charge in [0.25, 0.3) is 0 Å². The third kappa shape index (κ3) is 33.8. The largest absolute Gasteiger partial charge is 0.477 e. The van der Waals surface area contributed by atoms with Crippen LogP contribution in [0, 0.1) is 0 Å². The summed E-state index contributed by atoms with van der Waals surface area (Å²) in [5.41, 5.74) is 0. The second-order valence-electron chi connectivity index (χ2n) is 13.9. The first kappa shape index (κ1) is 49.2. The van der Waals surface area contributed by atoms with Crippen LogP contribution in [0.3, 0.4) is 0 Å². The summed E-state index contributed by atoms with van der Waals surface area (Å²) in [5, 5.41) is 9.59. The quantitative estimate of drug-likeness (QED) is 0.0235. The summed E-state index contributed by atoms with van der Waals surface area (Å²) in [4.78, 5) is 36.8. The number of ether oxygens (including phenoxy) is 3. The number of carbonyl (C=O) groups excluding carboxylic acids is 2. The van der Waals surface area contributed by atoms with Crippen LogP contribution in [0.2, 0.25) is 0 Å². The van der Waals surface area contributed by atoms with Gasteiger partial charge < -0.3 is 23.8 Å². The zero-order valence-electron chi connectivity index (χ0n) is 33.7. The van der Waals surface area contributed by atoms with Crippen LogP contribution in [0.25, 0.3) is 0 Å². The van der Waals surface area contributed by atoms with E-state index in [1.54, 1.807) is 0 Å². The fourth-order valence-electron chi connectivity index (χ4n) is 5.03. The summed E-state index contributed by atoms with van der Waals surface area (Å²) in [5.74, 6) is -1.58. The van der Waals surface area contributed by atoms with Gasteiger partial charge in [-0.3, -0.25) is 9.59 Å². The molecule has 0 aliphatic heterocycles. The van der Waals surface area contributed by atoms with Gasteiger partial charge in [-0.2, -0.15) is 0 Å². The van der Waals surface area contributed by atoms with Crippen molar-refractivity contribution in [2.45, 2.75) is 129 Å². The molecular weight excluding hydrogens is 666 g/mol. The second kappa shape index (κ2) is 35.3. The average molecular weight is 739 g/mol. The molecule has 0 aromatic heterocycles. The van der Waals surface area contributed by atoms with E-state index >= 15 is 0 Å². The van der Waals surface area contributed by atoms with Gasteiger partial charge >= 0.3 is 17.9 Å². The van der Waals surface area contributed by atoms with Crippen molar-refractivity contribution in [3.05, 3.63) is 97.2 Å². The van der Waals surface area contributed by atoms with Gasteiger partial charge in [-0.15, -0.1) is 0 Å². The van der Waals surface area contributed by atoms with Crippen molar-refractivity contribution in [3.8, 4) is 0 Å². The van der Waals surface area contributed by atoms with Gasteiger partial charge in [0.15, 0.2) is 12.1 Å². The van der Waals surface area contributed by atoms with E-state index in [1.807, 2.05) is 57.6 Å². The number of hydrogen-bond donors (Lipinski definition) is 1. The van der Waals surface area contributed by atoms with Crippen LogP contribution in [0.4, 0.5) is 0 Å². The first-order valence-electron chi connectivity index (χ1n) is 19.8. The minimum atomic E-state index is -0.893. The molecule has 0 spiro atoms. The normalized spacial score (nSPS) is 14.1. The SMILES string of the molecule is CC/C=C/C=C/C=C/C=C/CCCCCC(=O)OC(COCCC(C(=O)O)[N+](C)(C)C)COC(=O)CCCCC/C=C/C/C=C/C/C=C/C/C=C/CC. The highest BCUT2D eigenvalue weighted by molar-refractivity contribution is 5.72. The average Bonchev–Trinajstić information content (AvgIpc) is 3.11. The van der Waals surface area contributed by atoms with Gasteiger partial charge in [-0.25, -0.2) is 4.79 Å². The monoisotopic (exact) mass is 739 g/mol. The van der Waals surface area contributed by atoms with Crippen molar-refractivity contribution in [1.82, 2.24) is 0 Å². The Kier molecular flexibility index (Phi) is 32.8. The molecule has 2 unspecified atom stereocenters. The van der Waals surface area contributed by atoms with Crippen LogP contribution in [0.1, 0.15) is 117 Å². The number of unbranched alkanes of at least 4 members (excludes halogenated alkanes) is 6. The number of carboxylic acids is 1. The third-order valence-corrected chi connectivity index (χ3v) is 8.07. The Hall–Kier alpha value is -3.75. The number of likely N-dealkylation sites (N-methyl/N-ethyl adjacent to an activating group) is 1. The summed E-state index contributed by atoms with van der Waals surface area (Å²) in [7, 11) is 5.48. The second-order valence-corrected chi connectivity index (χ2v) is 13.9. The van der Waals surface area contributed by atoms with E-state index in [-0.39, 0.29) is 42.7 Å². The molecule has 0 aliphatic rings. The lowest BCUT2D eigenvalue weighted by Gasteiger charge is -2.31. The number of carbonyl (C=O) groups is 3. The molecule has 0 radical (unpaired) electrons. The summed E-state index contributed by atoms with van der Waals surface area (Å²) < 4.78 is 17.1. The zero-order chi connectivity index (χ0) is 39.3. The van der Waals surface area contributed by atoms with Crippen LogP contribution < -0.4 is 0 Å². The summed E-state index contributed by atoms with van der Waals surface area (Å²) >= 11 is 0. The highest BCUT2D eigenvalue weighted by Crippen LogP contribution is 2.11. The Morgan fingerprint density at radius 3 is 1.66 bits per heavy atom. The van der Waals surface area contributed by atoms with E-state index in [1.165, 1.54) is 0 Å². The van der Waals surface area contributed by atoms with Gasteiger partial charge in [-0.05, 0) is 70.6 Å². The Labute approximate surface area is 322 Å². The maximum absolute atomic E-state index is 12.7. The van der Waals surface area contributed by atoms with E-state index in [0.29, 0.717) is 19.3 Å². The number of aliphatic carboxylic acids is 1.